The zero-order chi connectivity index (χ0) is 16.7. The van der Waals surface area contributed by atoms with Gasteiger partial charge in [-0.1, -0.05) is 38.1 Å². The van der Waals surface area contributed by atoms with Crippen molar-refractivity contribution in [3.05, 3.63) is 53.5 Å². The van der Waals surface area contributed by atoms with Crippen molar-refractivity contribution in [3.63, 3.8) is 0 Å². The van der Waals surface area contributed by atoms with Crippen LogP contribution in [0.5, 0.6) is 0 Å². The molecule has 0 unspecified atom stereocenters. The number of rotatable bonds is 7. The third-order valence-electron chi connectivity index (χ3n) is 3.61. The van der Waals surface area contributed by atoms with Crippen molar-refractivity contribution in [2.75, 3.05) is 11.9 Å². The number of nitrogens with one attached hydrogen (secondary N) is 2. The van der Waals surface area contributed by atoms with Gasteiger partial charge in [0.05, 0.1) is 12.4 Å². The highest BCUT2D eigenvalue weighted by Gasteiger charge is 2.08. The second-order valence-electron chi connectivity index (χ2n) is 6.01. The lowest BCUT2D eigenvalue weighted by molar-refractivity contribution is 0.0945. The number of benzene rings is 1. The molecule has 5 heteroatoms. The van der Waals surface area contributed by atoms with Gasteiger partial charge in [0.25, 0.3) is 5.91 Å². The van der Waals surface area contributed by atoms with Crippen LogP contribution < -0.4 is 10.6 Å². The first-order chi connectivity index (χ1) is 11.1. The van der Waals surface area contributed by atoms with Crippen molar-refractivity contribution in [2.45, 2.75) is 33.7 Å². The average molecular weight is 312 g/mol. The summed E-state index contributed by atoms with van der Waals surface area (Å²) >= 11 is 0. The van der Waals surface area contributed by atoms with Crippen LogP contribution in [0.25, 0.3) is 0 Å². The van der Waals surface area contributed by atoms with E-state index in [4.69, 9.17) is 0 Å². The highest BCUT2D eigenvalue weighted by Crippen LogP contribution is 2.07. The van der Waals surface area contributed by atoms with Crippen LogP contribution >= 0.6 is 0 Å². The highest BCUT2D eigenvalue weighted by atomic mass is 16.1. The summed E-state index contributed by atoms with van der Waals surface area (Å²) < 4.78 is 0. The Morgan fingerprint density at radius 1 is 1.17 bits per heavy atom. The number of hydrogen-bond donors (Lipinski definition) is 2. The summed E-state index contributed by atoms with van der Waals surface area (Å²) in [6, 6.07) is 7.98. The summed E-state index contributed by atoms with van der Waals surface area (Å²) in [4.78, 5) is 20.5. The molecular formula is C18H24N4O. The van der Waals surface area contributed by atoms with Crippen molar-refractivity contribution < 1.29 is 4.79 Å². The summed E-state index contributed by atoms with van der Waals surface area (Å²) in [6.45, 7) is 7.72. The number of hydrogen-bond acceptors (Lipinski definition) is 4. The van der Waals surface area contributed by atoms with E-state index in [9.17, 15) is 4.79 Å². The van der Waals surface area contributed by atoms with Crippen molar-refractivity contribution in [1.82, 2.24) is 15.3 Å². The molecule has 0 aliphatic rings. The Bertz CT molecular complexity index is 638. The van der Waals surface area contributed by atoms with Gasteiger partial charge < -0.3 is 10.6 Å². The van der Waals surface area contributed by atoms with Crippen LogP contribution in [-0.4, -0.2) is 22.4 Å². The number of carbonyl (C=O) groups excluding carboxylic acids is 1. The molecule has 0 saturated heterocycles. The van der Waals surface area contributed by atoms with E-state index in [2.05, 4.69) is 34.4 Å². The number of anilines is 1. The van der Waals surface area contributed by atoms with Crippen LogP contribution in [0.15, 0.2) is 36.7 Å². The summed E-state index contributed by atoms with van der Waals surface area (Å²) in [7, 11) is 0. The lowest BCUT2D eigenvalue weighted by Gasteiger charge is -2.09. The zero-order valence-corrected chi connectivity index (χ0v) is 14.0. The summed E-state index contributed by atoms with van der Waals surface area (Å²) in [5.74, 6) is 1.12. The summed E-state index contributed by atoms with van der Waals surface area (Å²) in [5, 5.41) is 6.07. The number of aryl methyl sites for hydroxylation is 1. The van der Waals surface area contributed by atoms with Crippen molar-refractivity contribution in [3.8, 4) is 0 Å². The van der Waals surface area contributed by atoms with E-state index in [-0.39, 0.29) is 5.91 Å². The maximum absolute atomic E-state index is 12.1. The Labute approximate surface area is 137 Å². The lowest BCUT2D eigenvalue weighted by atomic mass is 10.1. The van der Waals surface area contributed by atoms with Crippen molar-refractivity contribution in [1.29, 1.82) is 0 Å². The SMILES string of the molecule is Cc1ccccc1CNC(=O)c1cnc(NCCC(C)C)cn1. The van der Waals surface area contributed by atoms with Crippen LogP contribution in [-0.2, 0) is 6.54 Å². The van der Waals surface area contributed by atoms with E-state index >= 15 is 0 Å². The first-order valence-electron chi connectivity index (χ1n) is 7.95. The smallest absolute Gasteiger partial charge is 0.271 e. The third kappa shape index (κ3) is 5.36. The molecule has 2 aromatic rings. The molecule has 0 saturated carbocycles. The van der Waals surface area contributed by atoms with Crippen LogP contribution in [0.3, 0.4) is 0 Å². The Hall–Kier alpha value is -2.43. The van der Waals surface area contributed by atoms with E-state index in [1.165, 1.54) is 6.20 Å². The highest BCUT2D eigenvalue weighted by molar-refractivity contribution is 5.91. The van der Waals surface area contributed by atoms with E-state index in [1.807, 2.05) is 31.2 Å². The predicted octanol–water partition coefficient (Wildman–Crippen LogP) is 3.17. The molecule has 0 fully saturated rings. The fourth-order valence-corrected chi connectivity index (χ4v) is 2.10. The fraction of sp³-hybridized carbons (Fsp3) is 0.389. The van der Waals surface area contributed by atoms with E-state index < -0.39 is 0 Å². The lowest BCUT2D eigenvalue weighted by Crippen LogP contribution is -2.24. The van der Waals surface area contributed by atoms with Gasteiger partial charge in [-0.3, -0.25) is 4.79 Å². The van der Waals surface area contributed by atoms with Gasteiger partial charge in [-0.25, -0.2) is 9.97 Å². The average Bonchev–Trinajstić information content (AvgIpc) is 2.54. The maximum atomic E-state index is 12.1. The minimum atomic E-state index is -0.213. The first-order valence-corrected chi connectivity index (χ1v) is 7.95. The van der Waals surface area contributed by atoms with Gasteiger partial charge in [0.1, 0.15) is 11.5 Å². The molecule has 0 bridgehead atoms. The molecular weight excluding hydrogens is 288 g/mol. The summed E-state index contributed by atoms with van der Waals surface area (Å²) in [6.07, 6.45) is 4.17. The third-order valence-corrected chi connectivity index (χ3v) is 3.61. The van der Waals surface area contributed by atoms with E-state index in [1.54, 1.807) is 6.20 Å². The largest absolute Gasteiger partial charge is 0.369 e. The van der Waals surface area contributed by atoms with Gasteiger partial charge in [0, 0.05) is 13.1 Å². The fourth-order valence-electron chi connectivity index (χ4n) is 2.10. The number of nitrogens with zero attached hydrogens (tertiary/aromatic N) is 2. The monoisotopic (exact) mass is 312 g/mol. The normalized spacial score (nSPS) is 10.6. The first kappa shape index (κ1) is 16.9. The van der Waals surface area contributed by atoms with Crippen LogP contribution in [0, 0.1) is 12.8 Å². The minimum absolute atomic E-state index is 0.213. The number of amides is 1. The topological polar surface area (TPSA) is 66.9 Å². The standard InChI is InChI=1S/C18H24N4O/c1-13(2)8-9-19-17-12-20-16(11-21-17)18(23)22-10-15-7-5-4-6-14(15)3/h4-7,11-13H,8-10H2,1-3H3,(H,19,21)(H,22,23). The molecule has 1 aromatic heterocycles. The molecule has 0 radical (unpaired) electrons. The maximum Gasteiger partial charge on any atom is 0.271 e. The molecule has 0 aliphatic carbocycles. The van der Waals surface area contributed by atoms with Crippen LogP contribution in [0.2, 0.25) is 0 Å². The van der Waals surface area contributed by atoms with Gasteiger partial charge in [-0.15, -0.1) is 0 Å². The molecule has 2 rings (SSSR count). The molecule has 0 aliphatic heterocycles. The number of aromatic nitrogens is 2. The molecule has 1 aromatic carbocycles. The van der Waals surface area contributed by atoms with Gasteiger partial charge in [0.15, 0.2) is 0 Å². The Kier molecular flexibility index (Phi) is 6.09. The van der Waals surface area contributed by atoms with Gasteiger partial charge >= 0.3 is 0 Å². The molecule has 0 atom stereocenters. The Morgan fingerprint density at radius 3 is 2.61 bits per heavy atom. The van der Waals surface area contributed by atoms with Crippen molar-refractivity contribution in [2.24, 2.45) is 5.92 Å². The van der Waals surface area contributed by atoms with Crippen molar-refractivity contribution >= 4 is 11.7 Å². The predicted molar refractivity (Wildman–Crippen MR) is 92.3 cm³/mol. The second kappa shape index (κ2) is 8.27. The van der Waals surface area contributed by atoms with Crippen LogP contribution in [0.4, 0.5) is 5.82 Å². The second-order valence-corrected chi connectivity index (χ2v) is 6.01. The Morgan fingerprint density at radius 2 is 1.96 bits per heavy atom. The van der Waals surface area contributed by atoms with Gasteiger partial charge in [0.2, 0.25) is 0 Å². The molecule has 5 nitrogen and oxygen atoms in total. The Balaban J connectivity index is 1.86. The zero-order valence-electron chi connectivity index (χ0n) is 14.0. The van der Waals surface area contributed by atoms with E-state index in [0.717, 1.165) is 24.1 Å². The molecule has 1 amide bonds. The van der Waals surface area contributed by atoms with E-state index in [0.29, 0.717) is 24.0 Å². The molecule has 0 spiro atoms. The quantitative estimate of drug-likeness (QED) is 0.824. The van der Waals surface area contributed by atoms with Gasteiger partial charge in [-0.05, 0) is 30.4 Å². The summed E-state index contributed by atoms with van der Waals surface area (Å²) in [5.41, 5.74) is 2.58. The molecule has 2 N–H and O–H groups in total. The molecule has 122 valence electrons. The van der Waals surface area contributed by atoms with Crippen LogP contribution in [0.1, 0.15) is 41.9 Å². The minimum Gasteiger partial charge on any atom is -0.369 e. The van der Waals surface area contributed by atoms with Gasteiger partial charge in [-0.2, -0.15) is 0 Å². The number of carbonyl (C=O) groups is 1. The molecule has 1 heterocycles. The molecule has 23 heavy (non-hydrogen) atoms.